The smallest absolute Gasteiger partial charge is 0.222 e. The van der Waals surface area contributed by atoms with Crippen molar-refractivity contribution in [2.24, 2.45) is 0 Å². The number of aryl methyl sites for hydroxylation is 1. The van der Waals surface area contributed by atoms with Crippen LogP contribution in [-0.2, 0) is 16.0 Å². The molecule has 0 aromatic heterocycles. The summed E-state index contributed by atoms with van der Waals surface area (Å²) in [7, 11) is 0. The molecule has 132 valence electrons. The van der Waals surface area contributed by atoms with E-state index in [9.17, 15) is 9.59 Å². The zero-order chi connectivity index (χ0) is 17.4. The van der Waals surface area contributed by atoms with Gasteiger partial charge in [-0.1, -0.05) is 35.0 Å². The fourth-order valence-corrected chi connectivity index (χ4v) is 3.33. The maximum atomic E-state index is 12.4. The minimum absolute atomic E-state index is 0.0730. The molecule has 1 saturated heterocycles. The van der Waals surface area contributed by atoms with E-state index in [4.69, 9.17) is 0 Å². The first-order chi connectivity index (χ1) is 11.6. The predicted molar refractivity (Wildman–Crippen MR) is 99.7 cm³/mol. The molecule has 0 aliphatic carbocycles. The Morgan fingerprint density at radius 3 is 2.71 bits per heavy atom. The van der Waals surface area contributed by atoms with Crippen molar-refractivity contribution in [3.05, 3.63) is 34.3 Å². The highest BCUT2D eigenvalue weighted by molar-refractivity contribution is 9.10. The molecule has 1 N–H and O–H groups in total. The molecule has 1 aliphatic heterocycles. The zero-order valence-electron chi connectivity index (χ0n) is 14.4. The van der Waals surface area contributed by atoms with Gasteiger partial charge in [0.15, 0.2) is 0 Å². The van der Waals surface area contributed by atoms with E-state index >= 15 is 0 Å². The molecular formula is C19H27BrN2O2. The molecule has 2 rings (SSSR count). The Morgan fingerprint density at radius 2 is 2.00 bits per heavy atom. The van der Waals surface area contributed by atoms with E-state index in [1.165, 1.54) is 5.56 Å². The maximum Gasteiger partial charge on any atom is 0.222 e. The van der Waals surface area contributed by atoms with E-state index in [0.717, 1.165) is 43.1 Å². The number of rotatable bonds is 7. The van der Waals surface area contributed by atoms with Gasteiger partial charge in [0.2, 0.25) is 11.8 Å². The number of hydrogen-bond donors (Lipinski definition) is 1. The Bertz CT molecular complexity index is 545. The number of unbranched alkanes of at least 4 members (excludes halogenated alkanes) is 1. The first-order valence-corrected chi connectivity index (χ1v) is 9.69. The topological polar surface area (TPSA) is 49.4 Å². The summed E-state index contributed by atoms with van der Waals surface area (Å²) in [5, 5.41) is 3.01. The highest BCUT2D eigenvalue weighted by Crippen LogP contribution is 2.15. The third kappa shape index (κ3) is 6.27. The normalized spacial score (nSPS) is 17.6. The van der Waals surface area contributed by atoms with E-state index in [2.05, 4.69) is 45.5 Å². The molecule has 1 aromatic rings. The number of nitrogens with one attached hydrogen (secondary N) is 1. The lowest BCUT2D eigenvalue weighted by Crippen LogP contribution is -2.49. The van der Waals surface area contributed by atoms with Crippen molar-refractivity contribution < 1.29 is 9.59 Å². The molecule has 0 radical (unpaired) electrons. The van der Waals surface area contributed by atoms with Gasteiger partial charge in [-0.15, -0.1) is 0 Å². The number of piperidine rings is 1. The second kappa shape index (κ2) is 9.82. The number of carbonyl (C=O) groups excluding carboxylic acids is 2. The predicted octanol–water partition coefficient (Wildman–Crippen LogP) is 3.68. The van der Waals surface area contributed by atoms with E-state index in [-0.39, 0.29) is 17.9 Å². The lowest BCUT2D eigenvalue weighted by atomic mass is 10.0. The Hall–Kier alpha value is -1.36. The number of likely N-dealkylation sites (tertiary alicyclic amines) is 1. The molecule has 1 atom stereocenters. The Morgan fingerprint density at radius 1 is 1.25 bits per heavy atom. The van der Waals surface area contributed by atoms with Gasteiger partial charge in [-0.25, -0.2) is 0 Å². The van der Waals surface area contributed by atoms with Crippen LogP contribution in [0.2, 0.25) is 0 Å². The number of halogens is 1. The van der Waals surface area contributed by atoms with Gasteiger partial charge in [0, 0.05) is 36.4 Å². The monoisotopic (exact) mass is 394 g/mol. The summed E-state index contributed by atoms with van der Waals surface area (Å²) in [6, 6.07) is 8.48. The third-order valence-electron chi connectivity index (χ3n) is 4.48. The van der Waals surface area contributed by atoms with Crippen LogP contribution in [0.5, 0.6) is 0 Å². The quantitative estimate of drug-likeness (QED) is 0.716. The highest BCUT2D eigenvalue weighted by atomic mass is 79.9. The third-order valence-corrected chi connectivity index (χ3v) is 5.01. The van der Waals surface area contributed by atoms with Crippen LogP contribution in [0.25, 0.3) is 0 Å². The van der Waals surface area contributed by atoms with Crippen LogP contribution >= 0.6 is 15.9 Å². The largest absolute Gasteiger partial charge is 0.352 e. The molecule has 0 saturated carbocycles. The van der Waals surface area contributed by atoms with Crippen molar-refractivity contribution >= 4 is 27.7 Å². The highest BCUT2D eigenvalue weighted by Gasteiger charge is 2.23. The van der Waals surface area contributed by atoms with Gasteiger partial charge in [-0.2, -0.15) is 0 Å². The fraction of sp³-hybridized carbons (Fsp3) is 0.579. The summed E-state index contributed by atoms with van der Waals surface area (Å²) < 4.78 is 1.09. The molecule has 2 amide bonds. The van der Waals surface area contributed by atoms with Gasteiger partial charge in [0.1, 0.15) is 0 Å². The Labute approximate surface area is 153 Å². The van der Waals surface area contributed by atoms with Crippen LogP contribution in [0, 0.1) is 0 Å². The van der Waals surface area contributed by atoms with Crippen LogP contribution in [0.15, 0.2) is 28.7 Å². The van der Waals surface area contributed by atoms with Crippen LogP contribution in [0.3, 0.4) is 0 Å². The summed E-state index contributed by atoms with van der Waals surface area (Å²) >= 11 is 3.44. The maximum absolute atomic E-state index is 12.4. The molecule has 4 nitrogen and oxygen atoms in total. The Kier molecular flexibility index (Phi) is 7.76. The Balaban J connectivity index is 1.68. The number of hydrogen-bond acceptors (Lipinski definition) is 2. The molecule has 1 aliphatic rings. The van der Waals surface area contributed by atoms with Crippen molar-refractivity contribution in [2.75, 3.05) is 13.1 Å². The number of benzene rings is 1. The number of carbonyl (C=O) groups is 2. The summed E-state index contributed by atoms with van der Waals surface area (Å²) in [6.07, 6.45) is 5.99. The first kappa shape index (κ1) is 19.0. The zero-order valence-corrected chi connectivity index (χ0v) is 16.0. The van der Waals surface area contributed by atoms with E-state index in [1.54, 1.807) is 0 Å². The van der Waals surface area contributed by atoms with Crippen molar-refractivity contribution in [3.8, 4) is 0 Å². The molecule has 1 unspecified atom stereocenters. The van der Waals surface area contributed by atoms with Gasteiger partial charge >= 0.3 is 0 Å². The van der Waals surface area contributed by atoms with Crippen molar-refractivity contribution in [2.45, 2.75) is 57.9 Å². The average molecular weight is 395 g/mol. The van der Waals surface area contributed by atoms with Crippen molar-refractivity contribution in [1.82, 2.24) is 10.2 Å². The van der Waals surface area contributed by atoms with E-state index < -0.39 is 0 Å². The lowest BCUT2D eigenvalue weighted by molar-refractivity contribution is -0.133. The van der Waals surface area contributed by atoms with Crippen LogP contribution in [0.4, 0.5) is 0 Å². The molecule has 0 spiro atoms. The van der Waals surface area contributed by atoms with Crippen LogP contribution in [-0.4, -0.2) is 35.8 Å². The summed E-state index contributed by atoms with van der Waals surface area (Å²) in [5.74, 6) is 0.296. The molecule has 1 fully saturated rings. The first-order valence-electron chi connectivity index (χ1n) is 8.90. The van der Waals surface area contributed by atoms with Gasteiger partial charge in [0.05, 0.1) is 0 Å². The fourth-order valence-electron chi connectivity index (χ4n) is 3.07. The van der Waals surface area contributed by atoms with Crippen molar-refractivity contribution in [1.29, 1.82) is 0 Å². The van der Waals surface area contributed by atoms with Gasteiger partial charge < -0.3 is 10.2 Å². The summed E-state index contributed by atoms with van der Waals surface area (Å²) in [6.45, 7) is 3.34. The number of nitrogens with zero attached hydrogens (tertiary/aromatic N) is 1. The second-order valence-corrected chi connectivity index (χ2v) is 7.35. The van der Waals surface area contributed by atoms with Gasteiger partial charge in [-0.3, -0.25) is 9.59 Å². The van der Waals surface area contributed by atoms with Gasteiger partial charge in [0.25, 0.3) is 0 Å². The lowest BCUT2D eigenvalue weighted by Gasteiger charge is -2.33. The minimum atomic E-state index is 0.0730. The molecule has 1 aromatic carbocycles. The standard InChI is InChI=1S/C19H27BrN2O2/c1-2-18(23)21-17-7-5-13-22(14-17)19(24)8-4-3-6-15-9-11-16(20)12-10-15/h9-12,17H,2-8,13-14H2,1H3,(H,21,23). The van der Waals surface area contributed by atoms with Crippen LogP contribution < -0.4 is 5.32 Å². The van der Waals surface area contributed by atoms with E-state index in [1.807, 2.05) is 11.8 Å². The molecule has 5 heteroatoms. The molecule has 24 heavy (non-hydrogen) atoms. The molecule has 1 heterocycles. The second-order valence-electron chi connectivity index (χ2n) is 6.43. The van der Waals surface area contributed by atoms with Gasteiger partial charge in [-0.05, 0) is 49.8 Å². The minimum Gasteiger partial charge on any atom is -0.352 e. The van der Waals surface area contributed by atoms with Crippen LogP contribution in [0.1, 0.15) is 51.0 Å². The van der Waals surface area contributed by atoms with E-state index in [0.29, 0.717) is 19.4 Å². The molecular weight excluding hydrogens is 368 g/mol. The summed E-state index contributed by atoms with van der Waals surface area (Å²) in [5.41, 5.74) is 1.31. The van der Waals surface area contributed by atoms with Crippen molar-refractivity contribution in [3.63, 3.8) is 0 Å². The molecule has 0 bridgehead atoms. The SMILES string of the molecule is CCC(=O)NC1CCCN(C(=O)CCCCc2ccc(Br)cc2)C1. The summed E-state index contributed by atoms with van der Waals surface area (Å²) in [4.78, 5) is 25.8. The average Bonchev–Trinajstić information content (AvgIpc) is 2.60. The number of amides is 2.